The summed E-state index contributed by atoms with van der Waals surface area (Å²) in [6.07, 6.45) is 0. The fourth-order valence-electron chi connectivity index (χ4n) is 2.68. The van der Waals surface area contributed by atoms with Crippen LogP contribution < -0.4 is 0 Å². The predicted octanol–water partition coefficient (Wildman–Crippen LogP) is 3.56. The van der Waals surface area contributed by atoms with Gasteiger partial charge in [0.1, 0.15) is 12.1 Å². The third kappa shape index (κ3) is 1.42. The molecule has 3 rings (SSSR count). The average molecular weight is 245 g/mol. The van der Waals surface area contributed by atoms with Crippen molar-refractivity contribution in [2.45, 2.75) is 13.5 Å². The Morgan fingerprint density at radius 3 is 2.47 bits per heavy atom. The zero-order chi connectivity index (χ0) is 13.4. The number of fused-ring (bicyclic) bond motifs is 3. The molecule has 1 heterocycles. The van der Waals surface area contributed by atoms with Gasteiger partial charge in [0, 0.05) is 22.8 Å². The maximum atomic E-state index is 9.38. The van der Waals surface area contributed by atoms with Crippen molar-refractivity contribution in [3.63, 3.8) is 0 Å². The molecule has 3 aromatic rings. The third-order valence-corrected chi connectivity index (χ3v) is 3.48. The summed E-state index contributed by atoms with van der Waals surface area (Å²) in [5.74, 6) is 0. The Kier molecular flexibility index (Phi) is 2.47. The van der Waals surface area contributed by atoms with Gasteiger partial charge in [0.2, 0.25) is 0 Å². The van der Waals surface area contributed by atoms with Gasteiger partial charge in [0.25, 0.3) is 0 Å². The van der Waals surface area contributed by atoms with Gasteiger partial charge in [-0.25, -0.2) is 0 Å². The summed E-state index contributed by atoms with van der Waals surface area (Å²) in [5.41, 5.74) is 2.88. The van der Waals surface area contributed by atoms with E-state index in [0.717, 1.165) is 28.4 Å². The van der Waals surface area contributed by atoms with Crippen LogP contribution in [-0.2, 0) is 6.54 Å². The van der Waals surface area contributed by atoms with Crippen LogP contribution in [0.25, 0.3) is 21.8 Å². The normalized spacial score (nSPS) is 10.5. The van der Waals surface area contributed by atoms with E-state index in [1.54, 1.807) is 6.07 Å². The molecule has 0 atom stereocenters. The van der Waals surface area contributed by atoms with E-state index in [9.17, 15) is 5.26 Å². The number of aromatic nitrogens is 1. The van der Waals surface area contributed by atoms with Gasteiger partial charge in [-0.15, -0.1) is 0 Å². The smallest absolute Gasteiger partial charge is 0.103 e. The van der Waals surface area contributed by atoms with Crippen LogP contribution in [0.15, 0.2) is 36.4 Å². The van der Waals surface area contributed by atoms with E-state index in [4.69, 9.17) is 5.26 Å². The Morgan fingerprint density at radius 1 is 1.00 bits per heavy atom. The first-order chi connectivity index (χ1) is 9.31. The molecule has 0 saturated heterocycles. The van der Waals surface area contributed by atoms with Crippen LogP contribution in [0.2, 0.25) is 0 Å². The molecular formula is C16H11N3. The second-order valence-corrected chi connectivity index (χ2v) is 4.37. The molecule has 3 heteroatoms. The van der Waals surface area contributed by atoms with Crippen LogP contribution in [0.3, 0.4) is 0 Å². The second-order valence-electron chi connectivity index (χ2n) is 4.37. The number of hydrogen-bond donors (Lipinski definition) is 0. The molecule has 2 aromatic carbocycles. The van der Waals surface area contributed by atoms with E-state index in [1.165, 1.54) is 0 Å². The molecule has 0 aliphatic heterocycles. The molecule has 0 radical (unpaired) electrons. The molecule has 0 N–H and O–H groups in total. The Morgan fingerprint density at radius 2 is 1.79 bits per heavy atom. The van der Waals surface area contributed by atoms with E-state index in [1.807, 2.05) is 31.2 Å². The maximum Gasteiger partial charge on any atom is 0.103 e. The number of rotatable bonds is 1. The Labute approximate surface area is 110 Å². The van der Waals surface area contributed by atoms with E-state index in [0.29, 0.717) is 11.1 Å². The summed E-state index contributed by atoms with van der Waals surface area (Å²) in [7, 11) is 0. The van der Waals surface area contributed by atoms with Crippen molar-refractivity contribution in [1.82, 2.24) is 4.57 Å². The molecule has 0 aliphatic carbocycles. The molecule has 0 unspecified atom stereocenters. The molecule has 3 nitrogen and oxygen atoms in total. The Balaban J connectivity index is 2.65. The maximum absolute atomic E-state index is 9.38. The highest BCUT2D eigenvalue weighted by Crippen LogP contribution is 2.32. The van der Waals surface area contributed by atoms with Crippen LogP contribution in [-0.4, -0.2) is 4.57 Å². The molecule has 0 amide bonds. The SMILES string of the molecule is CCn1c2ccccc2c2ccc(C#N)c(C#N)c21. The fourth-order valence-corrected chi connectivity index (χ4v) is 2.68. The minimum Gasteiger partial charge on any atom is -0.340 e. The molecule has 1 aromatic heterocycles. The number of para-hydroxylation sites is 1. The molecule has 0 bridgehead atoms. The van der Waals surface area contributed by atoms with Crippen LogP contribution in [0.1, 0.15) is 18.1 Å². The summed E-state index contributed by atoms with van der Waals surface area (Å²) >= 11 is 0. The van der Waals surface area contributed by atoms with Crippen molar-refractivity contribution in [3.05, 3.63) is 47.5 Å². The molecule has 90 valence electrons. The monoisotopic (exact) mass is 245 g/mol. The highest BCUT2D eigenvalue weighted by Gasteiger charge is 2.15. The highest BCUT2D eigenvalue weighted by atomic mass is 15.0. The van der Waals surface area contributed by atoms with Gasteiger partial charge >= 0.3 is 0 Å². The van der Waals surface area contributed by atoms with Crippen molar-refractivity contribution in [1.29, 1.82) is 10.5 Å². The number of benzene rings is 2. The van der Waals surface area contributed by atoms with Gasteiger partial charge in [-0.05, 0) is 19.1 Å². The quantitative estimate of drug-likeness (QED) is 0.658. The van der Waals surface area contributed by atoms with Crippen LogP contribution in [0, 0.1) is 22.7 Å². The number of nitriles is 2. The van der Waals surface area contributed by atoms with Crippen molar-refractivity contribution in [2.24, 2.45) is 0 Å². The summed E-state index contributed by atoms with van der Waals surface area (Å²) in [6, 6.07) is 16.0. The van der Waals surface area contributed by atoms with Crippen molar-refractivity contribution >= 4 is 21.8 Å². The summed E-state index contributed by atoms with van der Waals surface area (Å²) in [4.78, 5) is 0. The minimum atomic E-state index is 0.438. The summed E-state index contributed by atoms with van der Waals surface area (Å²) in [6.45, 7) is 2.82. The first-order valence-electron chi connectivity index (χ1n) is 6.16. The summed E-state index contributed by atoms with van der Waals surface area (Å²) < 4.78 is 2.10. The van der Waals surface area contributed by atoms with Crippen molar-refractivity contribution in [2.75, 3.05) is 0 Å². The standard InChI is InChI=1S/C16H11N3/c1-2-19-15-6-4-3-5-12(15)13-8-7-11(9-17)14(10-18)16(13)19/h3-8H,2H2,1H3. The van der Waals surface area contributed by atoms with E-state index < -0.39 is 0 Å². The predicted molar refractivity (Wildman–Crippen MR) is 74.5 cm³/mol. The first kappa shape index (κ1) is 11.3. The third-order valence-electron chi connectivity index (χ3n) is 3.48. The van der Waals surface area contributed by atoms with E-state index >= 15 is 0 Å². The number of aryl methyl sites for hydroxylation is 1. The van der Waals surface area contributed by atoms with Crippen LogP contribution in [0.4, 0.5) is 0 Å². The van der Waals surface area contributed by atoms with Gasteiger partial charge in [-0.3, -0.25) is 0 Å². The van der Waals surface area contributed by atoms with E-state index in [2.05, 4.69) is 22.8 Å². The Bertz CT molecular complexity index is 873. The first-order valence-corrected chi connectivity index (χ1v) is 6.16. The minimum absolute atomic E-state index is 0.438. The lowest BCUT2D eigenvalue weighted by molar-refractivity contribution is 0.826. The fraction of sp³-hybridized carbons (Fsp3) is 0.125. The van der Waals surface area contributed by atoms with Crippen LogP contribution in [0.5, 0.6) is 0 Å². The zero-order valence-corrected chi connectivity index (χ0v) is 10.5. The molecule has 0 spiro atoms. The topological polar surface area (TPSA) is 52.5 Å². The largest absolute Gasteiger partial charge is 0.340 e. The summed E-state index contributed by atoms with van der Waals surface area (Å²) in [5, 5.41) is 20.7. The van der Waals surface area contributed by atoms with Crippen molar-refractivity contribution in [3.8, 4) is 12.1 Å². The zero-order valence-electron chi connectivity index (χ0n) is 10.5. The number of nitrogens with zero attached hydrogens (tertiary/aromatic N) is 3. The molecule has 19 heavy (non-hydrogen) atoms. The van der Waals surface area contributed by atoms with Gasteiger partial charge < -0.3 is 4.57 Å². The van der Waals surface area contributed by atoms with Gasteiger partial charge in [0.05, 0.1) is 16.6 Å². The molecule has 0 fully saturated rings. The lowest BCUT2D eigenvalue weighted by Crippen LogP contribution is -1.96. The lowest BCUT2D eigenvalue weighted by Gasteiger charge is -2.05. The highest BCUT2D eigenvalue weighted by molar-refractivity contribution is 6.10. The van der Waals surface area contributed by atoms with Crippen LogP contribution >= 0.6 is 0 Å². The van der Waals surface area contributed by atoms with Crippen molar-refractivity contribution < 1.29 is 0 Å². The number of hydrogen-bond acceptors (Lipinski definition) is 2. The van der Waals surface area contributed by atoms with Gasteiger partial charge in [-0.2, -0.15) is 10.5 Å². The Hall–Kier alpha value is -2.78. The molecular weight excluding hydrogens is 234 g/mol. The van der Waals surface area contributed by atoms with Gasteiger partial charge in [0.15, 0.2) is 0 Å². The molecule has 0 saturated carbocycles. The second kappa shape index (κ2) is 4.15. The molecule has 0 aliphatic rings. The average Bonchev–Trinajstić information content (AvgIpc) is 2.80. The van der Waals surface area contributed by atoms with E-state index in [-0.39, 0.29) is 0 Å². The lowest BCUT2D eigenvalue weighted by atomic mass is 10.0. The van der Waals surface area contributed by atoms with Gasteiger partial charge in [-0.1, -0.05) is 24.3 Å².